The lowest BCUT2D eigenvalue weighted by Gasteiger charge is -2.31. The van der Waals surface area contributed by atoms with Crippen LogP contribution in [0.25, 0.3) is 0 Å². The fourth-order valence-electron chi connectivity index (χ4n) is 3.99. The van der Waals surface area contributed by atoms with Crippen molar-refractivity contribution in [2.75, 3.05) is 17.8 Å². The molecule has 10 nitrogen and oxygen atoms in total. The molecule has 1 aromatic heterocycles. The van der Waals surface area contributed by atoms with Gasteiger partial charge in [0.15, 0.2) is 0 Å². The number of nitrogens with one attached hydrogen (secondary N) is 2. The van der Waals surface area contributed by atoms with Gasteiger partial charge in [-0.05, 0) is 56.2 Å². The Hall–Kier alpha value is -1.53. The molecule has 12 heteroatoms. The minimum absolute atomic E-state index is 0.301. The smallest absolute Gasteiger partial charge is 0.408 e. The van der Waals surface area contributed by atoms with E-state index >= 15 is 0 Å². The summed E-state index contributed by atoms with van der Waals surface area (Å²) in [6, 6.07) is -1.14. The van der Waals surface area contributed by atoms with E-state index in [0.29, 0.717) is 29.0 Å². The van der Waals surface area contributed by atoms with E-state index in [-0.39, 0.29) is 5.91 Å². The lowest BCUT2D eigenvalue weighted by atomic mass is 9.83. The van der Waals surface area contributed by atoms with Crippen molar-refractivity contribution in [1.82, 2.24) is 30.8 Å². The number of thioether (sulfide) groups is 2. The van der Waals surface area contributed by atoms with Gasteiger partial charge in [0.25, 0.3) is 0 Å². The molecule has 1 aromatic rings. The largest absolute Gasteiger partial charge is 0.444 e. The van der Waals surface area contributed by atoms with Crippen molar-refractivity contribution in [2.24, 2.45) is 13.0 Å². The Labute approximate surface area is 211 Å². The fraction of sp³-hybridized carbons (Fsp3) is 0.864. The van der Waals surface area contributed by atoms with E-state index in [1.165, 1.54) is 42.8 Å². The number of hydrogen-bond donors (Lipinski definition) is 3. The number of nitrogens with zero attached hydrogens (tertiary/aromatic N) is 4. The van der Waals surface area contributed by atoms with Crippen LogP contribution >= 0.6 is 23.5 Å². The zero-order valence-corrected chi connectivity index (χ0v) is 22.6. The van der Waals surface area contributed by atoms with Gasteiger partial charge in [0.2, 0.25) is 11.1 Å². The van der Waals surface area contributed by atoms with Crippen LogP contribution in [0.4, 0.5) is 4.79 Å². The summed E-state index contributed by atoms with van der Waals surface area (Å²) in [5.41, 5.74) is -0.653. The third-order valence-electron chi connectivity index (χ3n) is 5.67. The number of rotatable bonds is 12. The fourth-order valence-corrected chi connectivity index (χ4v) is 5.42. The Kier molecular flexibility index (Phi) is 11.9. The molecule has 0 aromatic carbocycles. The monoisotopic (exact) mass is 516 g/mol. The number of carbonyl (C=O) groups excluding carboxylic acids is 2. The number of aliphatic hydroxyl groups is 1. The van der Waals surface area contributed by atoms with Crippen molar-refractivity contribution in [1.29, 1.82) is 0 Å². The number of hydrogen-bond acceptors (Lipinski definition) is 9. The van der Waals surface area contributed by atoms with Gasteiger partial charge in [0, 0.05) is 18.6 Å². The van der Waals surface area contributed by atoms with Gasteiger partial charge in [0.1, 0.15) is 11.6 Å². The zero-order chi connectivity index (χ0) is 25.1. The SMILES string of the molecule is CSC[C@H](NC(=O)OC(C)(C)C)C(=O)N[C@@H](CC1CCCCC1)[C@@H](O)CCSc1nnnn1C. The van der Waals surface area contributed by atoms with Crippen LogP contribution < -0.4 is 10.6 Å². The Morgan fingerprint density at radius 1 is 1.24 bits per heavy atom. The molecule has 194 valence electrons. The summed E-state index contributed by atoms with van der Waals surface area (Å²) >= 11 is 2.93. The molecule has 2 amide bonds. The van der Waals surface area contributed by atoms with Gasteiger partial charge >= 0.3 is 6.09 Å². The molecular formula is C22H40N6O4S2. The molecule has 34 heavy (non-hydrogen) atoms. The van der Waals surface area contributed by atoms with Gasteiger partial charge in [-0.15, -0.1) is 5.10 Å². The quantitative estimate of drug-likeness (QED) is 0.359. The van der Waals surface area contributed by atoms with Crippen LogP contribution in [0.2, 0.25) is 0 Å². The standard InChI is InChI=1S/C22H40N6O4S2/c1-22(2,3)32-21(31)24-17(14-33-5)19(30)23-16(13-15-9-7-6-8-10-15)18(29)11-12-34-20-25-26-27-28(20)4/h15-18,29H,6-14H2,1-5H3,(H,23,30)(H,24,31)/t16-,17-,18-/m0/s1. The van der Waals surface area contributed by atoms with Gasteiger partial charge < -0.3 is 20.5 Å². The van der Waals surface area contributed by atoms with Gasteiger partial charge in [-0.3, -0.25) is 4.79 Å². The number of aryl methyl sites for hydroxylation is 1. The number of aromatic nitrogens is 4. The van der Waals surface area contributed by atoms with Gasteiger partial charge in [-0.1, -0.05) is 43.9 Å². The molecule has 0 radical (unpaired) electrons. The van der Waals surface area contributed by atoms with Crippen LogP contribution in [0.1, 0.15) is 65.7 Å². The topological polar surface area (TPSA) is 131 Å². The summed E-state index contributed by atoms with van der Waals surface area (Å²) in [5.74, 6) is 1.20. The van der Waals surface area contributed by atoms with Crippen molar-refractivity contribution in [3.63, 3.8) is 0 Å². The Bertz CT molecular complexity index is 767. The number of aliphatic hydroxyl groups excluding tert-OH is 1. The number of amides is 2. The summed E-state index contributed by atoms with van der Waals surface area (Å²) in [5, 5.41) is 28.8. The maximum atomic E-state index is 13.2. The molecule has 1 aliphatic carbocycles. The molecule has 2 rings (SSSR count). The molecule has 3 N–H and O–H groups in total. The average Bonchev–Trinajstić information content (AvgIpc) is 3.17. The molecule has 0 bridgehead atoms. The van der Waals surface area contributed by atoms with Crippen molar-refractivity contribution in [3.05, 3.63) is 0 Å². The number of carbonyl (C=O) groups is 2. The van der Waals surface area contributed by atoms with Crippen molar-refractivity contribution in [3.8, 4) is 0 Å². The maximum absolute atomic E-state index is 13.2. The summed E-state index contributed by atoms with van der Waals surface area (Å²) in [4.78, 5) is 25.4. The first-order valence-corrected chi connectivity index (χ1v) is 14.3. The molecule has 3 atom stereocenters. The van der Waals surface area contributed by atoms with E-state index in [4.69, 9.17) is 4.74 Å². The number of ether oxygens (including phenoxy) is 1. The average molecular weight is 517 g/mol. The zero-order valence-electron chi connectivity index (χ0n) is 21.0. The lowest BCUT2D eigenvalue weighted by molar-refractivity contribution is -0.124. The highest BCUT2D eigenvalue weighted by atomic mass is 32.2. The molecule has 0 unspecified atom stereocenters. The summed E-state index contributed by atoms with van der Waals surface area (Å²) in [6.07, 6.45) is 7.60. The predicted octanol–water partition coefficient (Wildman–Crippen LogP) is 2.76. The van der Waals surface area contributed by atoms with E-state index < -0.39 is 29.9 Å². The molecule has 0 aliphatic heterocycles. The van der Waals surface area contributed by atoms with Crippen LogP contribution in [-0.4, -0.2) is 78.9 Å². The lowest BCUT2D eigenvalue weighted by Crippen LogP contribution is -2.54. The highest BCUT2D eigenvalue weighted by Crippen LogP contribution is 2.29. The summed E-state index contributed by atoms with van der Waals surface area (Å²) < 4.78 is 6.92. The van der Waals surface area contributed by atoms with E-state index in [2.05, 4.69) is 26.2 Å². The molecule has 1 saturated carbocycles. The molecule has 1 fully saturated rings. The van der Waals surface area contributed by atoms with Crippen LogP contribution in [0.5, 0.6) is 0 Å². The van der Waals surface area contributed by atoms with E-state index in [1.807, 2.05) is 6.26 Å². The number of alkyl carbamates (subject to hydrolysis) is 1. The molecular weight excluding hydrogens is 476 g/mol. The third-order valence-corrected chi connectivity index (χ3v) is 7.38. The second-order valence-electron chi connectivity index (χ2n) is 9.80. The molecule has 1 aliphatic rings. The van der Waals surface area contributed by atoms with Crippen LogP contribution in [0, 0.1) is 5.92 Å². The maximum Gasteiger partial charge on any atom is 0.408 e. The minimum Gasteiger partial charge on any atom is -0.444 e. The van der Waals surface area contributed by atoms with Gasteiger partial charge in [0.05, 0.1) is 12.1 Å². The van der Waals surface area contributed by atoms with E-state index in [9.17, 15) is 14.7 Å². The van der Waals surface area contributed by atoms with E-state index in [0.717, 1.165) is 19.3 Å². The van der Waals surface area contributed by atoms with Crippen molar-refractivity contribution < 1.29 is 19.4 Å². The summed E-state index contributed by atoms with van der Waals surface area (Å²) in [6.45, 7) is 5.34. The minimum atomic E-state index is -0.745. The van der Waals surface area contributed by atoms with Gasteiger partial charge in [-0.2, -0.15) is 11.8 Å². The van der Waals surface area contributed by atoms with Crippen molar-refractivity contribution in [2.45, 2.75) is 94.7 Å². The first-order valence-electron chi connectivity index (χ1n) is 11.9. The third kappa shape index (κ3) is 10.4. The predicted molar refractivity (Wildman–Crippen MR) is 135 cm³/mol. The molecule has 1 heterocycles. The van der Waals surface area contributed by atoms with Crippen LogP contribution in [-0.2, 0) is 16.6 Å². The molecule has 0 spiro atoms. The highest BCUT2D eigenvalue weighted by Gasteiger charge is 2.30. The van der Waals surface area contributed by atoms with Gasteiger partial charge in [-0.25, -0.2) is 9.48 Å². The molecule has 0 saturated heterocycles. The first-order chi connectivity index (χ1) is 16.1. The first kappa shape index (κ1) is 28.7. The van der Waals surface area contributed by atoms with Crippen LogP contribution in [0.3, 0.4) is 0 Å². The Balaban J connectivity index is 2.01. The van der Waals surface area contributed by atoms with E-state index in [1.54, 1.807) is 32.5 Å². The second-order valence-corrected chi connectivity index (χ2v) is 11.8. The highest BCUT2D eigenvalue weighted by molar-refractivity contribution is 7.99. The Morgan fingerprint density at radius 2 is 1.94 bits per heavy atom. The normalized spacial score (nSPS) is 17.6. The number of tetrazole rings is 1. The van der Waals surface area contributed by atoms with Crippen LogP contribution in [0.15, 0.2) is 5.16 Å². The summed E-state index contributed by atoms with van der Waals surface area (Å²) in [7, 11) is 1.77. The second kappa shape index (κ2) is 14.1. The Morgan fingerprint density at radius 3 is 2.53 bits per heavy atom. The van der Waals surface area contributed by atoms with Crippen molar-refractivity contribution >= 4 is 35.5 Å².